The number of methoxy groups -OCH3 is 1. The molecule has 25 heavy (non-hydrogen) atoms. The van der Waals surface area contributed by atoms with E-state index in [1.807, 2.05) is 12.1 Å². The SMILES string of the molecule is COc1ccc(C(C(=O)NCC(C)N2CCCC2)C2CCCC2)cc1. The normalized spacial score (nSPS) is 21.2. The molecule has 2 atom stereocenters. The molecule has 1 saturated carbocycles. The summed E-state index contributed by atoms with van der Waals surface area (Å²) in [7, 11) is 1.68. The van der Waals surface area contributed by atoms with Crippen molar-refractivity contribution in [2.45, 2.75) is 57.4 Å². The van der Waals surface area contributed by atoms with E-state index in [2.05, 4.69) is 29.3 Å². The molecule has 1 aromatic carbocycles. The Morgan fingerprint density at radius 3 is 2.40 bits per heavy atom. The summed E-state index contributed by atoms with van der Waals surface area (Å²) in [4.78, 5) is 15.5. The molecule has 3 rings (SSSR count). The fourth-order valence-corrected chi connectivity index (χ4v) is 4.41. The summed E-state index contributed by atoms with van der Waals surface area (Å²) in [6, 6.07) is 8.48. The first-order valence-electron chi connectivity index (χ1n) is 9.84. The van der Waals surface area contributed by atoms with Gasteiger partial charge in [0, 0.05) is 12.6 Å². The lowest BCUT2D eigenvalue weighted by Crippen LogP contribution is -2.43. The third-order valence-electron chi connectivity index (χ3n) is 5.96. The van der Waals surface area contributed by atoms with E-state index in [9.17, 15) is 4.79 Å². The molecule has 2 aliphatic rings. The Balaban J connectivity index is 1.66. The second-order valence-electron chi connectivity index (χ2n) is 7.63. The second kappa shape index (κ2) is 8.70. The minimum absolute atomic E-state index is 0.0285. The van der Waals surface area contributed by atoms with Gasteiger partial charge in [-0.1, -0.05) is 25.0 Å². The van der Waals surface area contributed by atoms with Crippen LogP contribution in [0.2, 0.25) is 0 Å². The molecule has 1 saturated heterocycles. The predicted octanol–water partition coefficient (Wildman–Crippen LogP) is 3.57. The molecule has 4 heteroatoms. The standard InChI is InChI=1S/C21H32N2O2/c1-16(23-13-5-6-14-23)15-22-21(24)20(17-7-3-4-8-17)18-9-11-19(25-2)12-10-18/h9-12,16-17,20H,3-8,13-15H2,1-2H3,(H,22,24). The van der Waals surface area contributed by atoms with Gasteiger partial charge in [0.25, 0.3) is 0 Å². The fraction of sp³-hybridized carbons (Fsp3) is 0.667. The first-order chi connectivity index (χ1) is 12.2. The molecule has 1 aliphatic heterocycles. The van der Waals surface area contributed by atoms with Crippen molar-refractivity contribution >= 4 is 5.91 Å². The lowest BCUT2D eigenvalue weighted by atomic mass is 9.84. The van der Waals surface area contributed by atoms with E-state index in [0.717, 1.165) is 30.7 Å². The van der Waals surface area contributed by atoms with Crippen LogP contribution in [0, 0.1) is 5.92 Å². The van der Waals surface area contributed by atoms with Gasteiger partial charge in [0.05, 0.1) is 13.0 Å². The van der Waals surface area contributed by atoms with Crippen molar-refractivity contribution in [1.29, 1.82) is 0 Å². The van der Waals surface area contributed by atoms with Gasteiger partial charge < -0.3 is 10.1 Å². The predicted molar refractivity (Wildman–Crippen MR) is 101 cm³/mol. The third kappa shape index (κ3) is 4.55. The number of nitrogens with zero attached hydrogens (tertiary/aromatic N) is 1. The van der Waals surface area contributed by atoms with Gasteiger partial charge in [0.15, 0.2) is 0 Å². The molecular weight excluding hydrogens is 312 g/mol. The highest BCUT2D eigenvalue weighted by Crippen LogP contribution is 2.38. The molecule has 138 valence electrons. The number of carbonyl (C=O) groups excluding carboxylic acids is 1. The zero-order valence-electron chi connectivity index (χ0n) is 15.7. The number of hydrogen-bond donors (Lipinski definition) is 1. The van der Waals surface area contributed by atoms with E-state index in [-0.39, 0.29) is 11.8 Å². The maximum atomic E-state index is 13.0. The van der Waals surface area contributed by atoms with Crippen LogP contribution in [-0.2, 0) is 4.79 Å². The molecule has 1 heterocycles. The summed E-state index contributed by atoms with van der Waals surface area (Å²) in [5.74, 6) is 1.48. The van der Waals surface area contributed by atoms with E-state index >= 15 is 0 Å². The van der Waals surface area contributed by atoms with E-state index < -0.39 is 0 Å². The van der Waals surface area contributed by atoms with Gasteiger partial charge in [-0.05, 0) is 69.3 Å². The quantitative estimate of drug-likeness (QED) is 0.822. The summed E-state index contributed by atoms with van der Waals surface area (Å²) in [6.45, 7) is 5.31. The molecule has 2 fully saturated rings. The Morgan fingerprint density at radius 1 is 1.16 bits per heavy atom. The van der Waals surface area contributed by atoms with Gasteiger partial charge in [-0.2, -0.15) is 0 Å². The lowest BCUT2D eigenvalue weighted by molar-refractivity contribution is -0.124. The zero-order chi connectivity index (χ0) is 17.6. The van der Waals surface area contributed by atoms with Crippen LogP contribution in [0.4, 0.5) is 0 Å². The smallest absolute Gasteiger partial charge is 0.227 e. The summed E-state index contributed by atoms with van der Waals surface area (Å²) in [5.41, 5.74) is 1.12. The average molecular weight is 344 g/mol. The van der Waals surface area contributed by atoms with Crippen LogP contribution in [0.15, 0.2) is 24.3 Å². The summed E-state index contributed by atoms with van der Waals surface area (Å²) < 4.78 is 5.26. The maximum absolute atomic E-state index is 13.0. The van der Waals surface area contributed by atoms with E-state index in [0.29, 0.717) is 12.0 Å². The van der Waals surface area contributed by atoms with Crippen molar-refractivity contribution in [1.82, 2.24) is 10.2 Å². The topological polar surface area (TPSA) is 41.6 Å². The van der Waals surface area contributed by atoms with Gasteiger partial charge in [0.2, 0.25) is 5.91 Å². The summed E-state index contributed by atoms with van der Waals surface area (Å²) in [5, 5.41) is 3.25. The van der Waals surface area contributed by atoms with Gasteiger partial charge in [-0.25, -0.2) is 0 Å². The van der Waals surface area contributed by atoms with Crippen LogP contribution in [-0.4, -0.2) is 43.6 Å². The molecule has 1 amide bonds. The Labute approximate surface area is 151 Å². The Kier molecular flexibility index (Phi) is 6.35. The maximum Gasteiger partial charge on any atom is 0.227 e. The number of rotatable bonds is 7. The van der Waals surface area contributed by atoms with Gasteiger partial charge in [-0.15, -0.1) is 0 Å². The monoisotopic (exact) mass is 344 g/mol. The number of nitrogens with one attached hydrogen (secondary N) is 1. The van der Waals surface area contributed by atoms with Crippen molar-refractivity contribution in [3.05, 3.63) is 29.8 Å². The lowest BCUT2D eigenvalue weighted by Gasteiger charge is -2.27. The zero-order valence-corrected chi connectivity index (χ0v) is 15.7. The highest BCUT2D eigenvalue weighted by Gasteiger charge is 2.32. The van der Waals surface area contributed by atoms with Crippen molar-refractivity contribution in [3.63, 3.8) is 0 Å². The molecule has 1 aliphatic carbocycles. The molecule has 1 aromatic rings. The number of benzene rings is 1. The molecule has 0 aromatic heterocycles. The van der Waals surface area contributed by atoms with Gasteiger partial charge in [-0.3, -0.25) is 9.69 Å². The van der Waals surface area contributed by atoms with Crippen LogP contribution in [0.3, 0.4) is 0 Å². The first-order valence-corrected chi connectivity index (χ1v) is 9.84. The highest BCUT2D eigenvalue weighted by atomic mass is 16.5. The van der Waals surface area contributed by atoms with E-state index in [1.165, 1.54) is 38.8 Å². The summed E-state index contributed by atoms with van der Waals surface area (Å²) >= 11 is 0. The van der Waals surface area contributed by atoms with Crippen LogP contribution in [0.25, 0.3) is 0 Å². The van der Waals surface area contributed by atoms with E-state index in [4.69, 9.17) is 4.74 Å². The van der Waals surface area contributed by atoms with Crippen LogP contribution in [0.5, 0.6) is 5.75 Å². The molecule has 0 spiro atoms. The van der Waals surface area contributed by atoms with Crippen molar-refractivity contribution in [3.8, 4) is 5.75 Å². The number of hydrogen-bond acceptors (Lipinski definition) is 3. The Bertz CT molecular complexity index is 546. The molecule has 0 radical (unpaired) electrons. The minimum Gasteiger partial charge on any atom is -0.497 e. The van der Waals surface area contributed by atoms with Crippen molar-refractivity contribution in [2.24, 2.45) is 5.92 Å². The van der Waals surface area contributed by atoms with E-state index in [1.54, 1.807) is 7.11 Å². The third-order valence-corrected chi connectivity index (χ3v) is 5.96. The molecule has 4 nitrogen and oxygen atoms in total. The van der Waals surface area contributed by atoms with Crippen LogP contribution >= 0.6 is 0 Å². The molecule has 1 N–H and O–H groups in total. The van der Waals surface area contributed by atoms with Crippen LogP contribution < -0.4 is 10.1 Å². The highest BCUT2D eigenvalue weighted by molar-refractivity contribution is 5.84. The number of ether oxygens (including phenoxy) is 1. The summed E-state index contributed by atoms with van der Waals surface area (Å²) in [6.07, 6.45) is 7.38. The average Bonchev–Trinajstić information content (AvgIpc) is 3.34. The van der Waals surface area contributed by atoms with Gasteiger partial charge >= 0.3 is 0 Å². The number of amides is 1. The minimum atomic E-state index is -0.0285. The Hall–Kier alpha value is -1.55. The number of likely N-dealkylation sites (tertiary alicyclic amines) is 1. The largest absolute Gasteiger partial charge is 0.497 e. The number of carbonyl (C=O) groups is 1. The van der Waals surface area contributed by atoms with Crippen molar-refractivity contribution in [2.75, 3.05) is 26.7 Å². The Morgan fingerprint density at radius 2 is 1.80 bits per heavy atom. The van der Waals surface area contributed by atoms with Gasteiger partial charge in [0.1, 0.15) is 5.75 Å². The van der Waals surface area contributed by atoms with Crippen molar-refractivity contribution < 1.29 is 9.53 Å². The molecular formula is C21H32N2O2. The second-order valence-corrected chi connectivity index (χ2v) is 7.63. The molecule has 2 unspecified atom stereocenters. The van der Waals surface area contributed by atoms with Crippen LogP contribution in [0.1, 0.15) is 56.9 Å². The fourth-order valence-electron chi connectivity index (χ4n) is 4.41. The molecule has 0 bridgehead atoms. The first kappa shape index (κ1) is 18.2.